The Morgan fingerprint density at radius 3 is 2.76 bits per heavy atom. The fourth-order valence-electron chi connectivity index (χ4n) is 1.56. The van der Waals surface area contributed by atoms with Gasteiger partial charge in [-0.1, -0.05) is 17.0 Å². The lowest BCUT2D eigenvalue weighted by atomic mass is 10.2. The zero-order valence-corrected chi connectivity index (χ0v) is 11.9. The fourth-order valence-corrected chi connectivity index (χ4v) is 2.60. The average Bonchev–Trinajstić information content (AvgIpc) is 2.80. The second-order valence-electron chi connectivity index (χ2n) is 4.08. The number of rotatable bonds is 3. The molecule has 0 aliphatic heterocycles. The number of benzene rings is 1. The van der Waals surface area contributed by atoms with Crippen molar-refractivity contribution in [3.05, 3.63) is 41.4 Å². The van der Waals surface area contributed by atoms with Gasteiger partial charge in [0.1, 0.15) is 16.5 Å². The molecule has 1 heterocycles. The van der Waals surface area contributed by atoms with Crippen LogP contribution < -0.4 is 10.5 Å². The lowest BCUT2D eigenvalue weighted by Crippen LogP contribution is -2.14. The van der Waals surface area contributed by atoms with Gasteiger partial charge in [-0.15, -0.1) is 0 Å². The molecule has 0 radical (unpaired) electrons. The van der Waals surface area contributed by atoms with Gasteiger partial charge in [0.2, 0.25) is 0 Å². The van der Waals surface area contributed by atoms with Crippen molar-refractivity contribution in [3.8, 4) is 11.8 Å². The molecule has 0 spiro atoms. The molecule has 3 N–H and O–H groups in total. The van der Waals surface area contributed by atoms with Crippen molar-refractivity contribution in [2.24, 2.45) is 5.73 Å². The summed E-state index contributed by atoms with van der Waals surface area (Å²) in [4.78, 5) is -0.499. The van der Waals surface area contributed by atoms with Gasteiger partial charge in [0, 0.05) is 11.6 Å². The van der Waals surface area contributed by atoms with Gasteiger partial charge in [-0.2, -0.15) is 0 Å². The fraction of sp³-hybridized carbons (Fsp3) is 0.154. The molecular formula is C13H12FN3O3S. The Morgan fingerprint density at radius 1 is 1.43 bits per heavy atom. The highest BCUT2D eigenvalue weighted by Gasteiger charge is 2.20. The van der Waals surface area contributed by atoms with E-state index in [1.165, 1.54) is 12.1 Å². The van der Waals surface area contributed by atoms with Crippen molar-refractivity contribution in [3.63, 3.8) is 0 Å². The van der Waals surface area contributed by atoms with Crippen molar-refractivity contribution in [2.45, 2.75) is 11.8 Å². The molecule has 0 atom stereocenters. The van der Waals surface area contributed by atoms with Gasteiger partial charge < -0.3 is 10.3 Å². The summed E-state index contributed by atoms with van der Waals surface area (Å²) in [5.74, 6) is 4.68. The van der Waals surface area contributed by atoms with Crippen LogP contribution in [0.25, 0.3) is 0 Å². The van der Waals surface area contributed by atoms with Gasteiger partial charge in [0.05, 0.1) is 6.54 Å². The maximum Gasteiger partial charge on any atom is 0.266 e. The Kier molecular flexibility index (Phi) is 4.26. The van der Waals surface area contributed by atoms with E-state index in [9.17, 15) is 12.8 Å². The third kappa shape index (κ3) is 3.59. The molecule has 8 heteroatoms. The monoisotopic (exact) mass is 309 g/mol. The standard InChI is InChI=1S/C13H12FN3O3S/c1-9-7-13(16-20-9)17-21(18,19)12-5-4-10(3-2-6-15)8-11(12)14/h4-5,7-8H,6,15H2,1H3,(H,16,17). The predicted octanol–water partition coefficient (Wildman–Crippen LogP) is 1.23. The van der Waals surface area contributed by atoms with Crippen LogP contribution in [0.2, 0.25) is 0 Å². The van der Waals surface area contributed by atoms with E-state index in [0.29, 0.717) is 11.3 Å². The SMILES string of the molecule is Cc1cc(NS(=O)(=O)c2ccc(C#CCN)cc2F)no1. The second-order valence-corrected chi connectivity index (χ2v) is 5.73. The Morgan fingerprint density at radius 2 is 2.19 bits per heavy atom. The van der Waals surface area contributed by atoms with Crippen LogP contribution in [0, 0.1) is 24.6 Å². The van der Waals surface area contributed by atoms with Crippen LogP contribution in [-0.4, -0.2) is 20.1 Å². The summed E-state index contributed by atoms with van der Waals surface area (Å²) in [7, 11) is -4.09. The van der Waals surface area contributed by atoms with Crippen LogP contribution in [0.3, 0.4) is 0 Å². The molecule has 110 valence electrons. The lowest BCUT2D eigenvalue weighted by Gasteiger charge is -2.06. The molecule has 0 fully saturated rings. The summed E-state index contributed by atoms with van der Waals surface area (Å²) >= 11 is 0. The van der Waals surface area contributed by atoms with Gasteiger partial charge in [0.15, 0.2) is 5.82 Å². The highest BCUT2D eigenvalue weighted by molar-refractivity contribution is 7.92. The largest absolute Gasteiger partial charge is 0.360 e. The van der Waals surface area contributed by atoms with Crippen molar-refractivity contribution in [1.82, 2.24) is 5.16 Å². The minimum Gasteiger partial charge on any atom is -0.360 e. The number of hydrogen-bond acceptors (Lipinski definition) is 5. The highest BCUT2D eigenvalue weighted by Crippen LogP contribution is 2.19. The third-order valence-electron chi connectivity index (χ3n) is 2.42. The Labute approximate surface area is 121 Å². The number of anilines is 1. The lowest BCUT2D eigenvalue weighted by molar-refractivity contribution is 0.400. The minimum absolute atomic E-state index is 0.0149. The van der Waals surface area contributed by atoms with E-state index in [1.807, 2.05) is 0 Å². The number of nitrogens with two attached hydrogens (primary N) is 1. The molecule has 2 rings (SSSR count). The summed E-state index contributed by atoms with van der Waals surface area (Å²) in [6.45, 7) is 1.74. The van der Waals surface area contributed by atoms with E-state index < -0.39 is 20.7 Å². The number of halogens is 1. The van der Waals surface area contributed by atoms with E-state index in [0.717, 1.165) is 12.1 Å². The first-order chi connectivity index (χ1) is 9.92. The van der Waals surface area contributed by atoms with Gasteiger partial charge in [0.25, 0.3) is 10.0 Å². The van der Waals surface area contributed by atoms with Crippen LogP contribution in [0.5, 0.6) is 0 Å². The summed E-state index contributed by atoms with van der Waals surface area (Å²) in [5.41, 5.74) is 5.55. The molecule has 1 aromatic heterocycles. The summed E-state index contributed by atoms with van der Waals surface area (Å²) in [6.07, 6.45) is 0. The zero-order valence-electron chi connectivity index (χ0n) is 11.1. The van der Waals surface area contributed by atoms with E-state index in [-0.39, 0.29) is 12.4 Å². The number of sulfonamides is 1. The average molecular weight is 309 g/mol. The molecule has 21 heavy (non-hydrogen) atoms. The molecule has 2 aromatic rings. The minimum atomic E-state index is -4.09. The molecule has 0 aliphatic carbocycles. The topological polar surface area (TPSA) is 98.2 Å². The first-order valence-corrected chi connectivity index (χ1v) is 7.35. The van der Waals surface area contributed by atoms with Gasteiger partial charge >= 0.3 is 0 Å². The molecule has 0 bridgehead atoms. The van der Waals surface area contributed by atoms with Crippen LogP contribution in [0.1, 0.15) is 11.3 Å². The van der Waals surface area contributed by atoms with Gasteiger partial charge in [-0.25, -0.2) is 12.8 Å². The normalized spacial score (nSPS) is 10.8. The number of nitrogens with one attached hydrogen (secondary N) is 1. The van der Waals surface area contributed by atoms with E-state index in [4.69, 9.17) is 10.3 Å². The molecule has 0 amide bonds. The van der Waals surface area contributed by atoms with E-state index >= 15 is 0 Å². The van der Waals surface area contributed by atoms with Crippen LogP contribution >= 0.6 is 0 Å². The highest BCUT2D eigenvalue weighted by atomic mass is 32.2. The van der Waals surface area contributed by atoms with Crippen LogP contribution in [0.15, 0.2) is 33.7 Å². The number of aryl methyl sites for hydroxylation is 1. The maximum atomic E-state index is 13.9. The van der Waals surface area contributed by atoms with E-state index in [1.54, 1.807) is 6.92 Å². The smallest absolute Gasteiger partial charge is 0.266 e. The predicted molar refractivity (Wildman–Crippen MR) is 74.4 cm³/mol. The Bertz CT molecular complexity index is 819. The molecule has 0 unspecified atom stereocenters. The number of nitrogens with zero attached hydrogens (tertiary/aromatic N) is 1. The molecule has 0 aliphatic rings. The zero-order chi connectivity index (χ0) is 15.5. The van der Waals surface area contributed by atoms with Crippen molar-refractivity contribution in [1.29, 1.82) is 0 Å². The quantitative estimate of drug-likeness (QED) is 0.831. The maximum absolute atomic E-state index is 13.9. The first kappa shape index (κ1) is 15.0. The molecular weight excluding hydrogens is 297 g/mol. The number of hydrogen-bond donors (Lipinski definition) is 2. The molecule has 0 saturated carbocycles. The van der Waals surface area contributed by atoms with Crippen LogP contribution in [0.4, 0.5) is 10.2 Å². The molecule has 0 saturated heterocycles. The third-order valence-corrected chi connectivity index (χ3v) is 3.81. The number of aromatic nitrogens is 1. The van der Waals surface area contributed by atoms with Crippen LogP contribution in [-0.2, 0) is 10.0 Å². The summed E-state index contributed by atoms with van der Waals surface area (Å²) in [6, 6.07) is 4.95. The van der Waals surface area contributed by atoms with E-state index in [2.05, 4.69) is 21.7 Å². The van der Waals surface area contributed by atoms with Crippen molar-refractivity contribution >= 4 is 15.8 Å². The van der Waals surface area contributed by atoms with Gasteiger partial charge in [-0.05, 0) is 25.1 Å². The van der Waals surface area contributed by atoms with Crippen molar-refractivity contribution in [2.75, 3.05) is 11.3 Å². The molecule has 1 aromatic carbocycles. The Balaban J connectivity index is 2.32. The van der Waals surface area contributed by atoms with Crippen molar-refractivity contribution < 1.29 is 17.3 Å². The first-order valence-electron chi connectivity index (χ1n) is 5.87. The Hall–Kier alpha value is -2.37. The van der Waals surface area contributed by atoms with Gasteiger partial charge in [-0.3, -0.25) is 4.72 Å². The second kappa shape index (κ2) is 5.95. The summed E-state index contributed by atoms with van der Waals surface area (Å²) in [5, 5.41) is 3.49. The molecule has 6 nitrogen and oxygen atoms in total. The summed E-state index contributed by atoms with van der Waals surface area (Å²) < 4.78 is 44.9.